The van der Waals surface area contributed by atoms with Gasteiger partial charge >= 0.3 is 0 Å². The van der Waals surface area contributed by atoms with Gasteiger partial charge in [-0.2, -0.15) is 0 Å². The Labute approximate surface area is 97.9 Å². The van der Waals surface area contributed by atoms with Crippen molar-refractivity contribution in [3.8, 4) is 5.75 Å². The maximum absolute atomic E-state index is 5.44. The van der Waals surface area contributed by atoms with E-state index < -0.39 is 0 Å². The monoisotopic (exact) mass is 271 g/mol. The molecule has 1 aromatic rings. The first-order chi connectivity index (χ1) is 7.31. The van der Waals surface area contributed by atoms with Gasteiger partial charge in [0.15, 0.2) is 0 Å². The molecular weight excluding hydrogens is 258 g/mol. The Morgan fingerprint density at radius 1 is 1.53 bits per heavy atom. The highest BCUT2D eigenvalue weighted by Crippen LogP contribution is 2.29. The average molecular weight is 272 g/mol. The van der Waals surface area contributed by atoms with Gasteiger partial charge < -0.3 is 14.8 Å². The lowest BCUT2D eigenvalue weighted by Gasteiger charge is -2.25. The minimum atomic E-state index is 0.238. The van der Waals surface area contributed by atoms with Gasteiger partial charge in [-0.3, -0.25) is 0 Å². The molecule has 1 aliphatic heterocycles. The van der Waals surface area contributed by atoms with Crippen molar-refractivity contribution in [2.45, 2.75) is 6.04 Å². The third kappa shape index (κ3) is 2.51. The Hall–Kier alpha value is -0.580. The van der Waals surface area contributed by atoms with Crippen LogP contribution in [0.2, 0.25) is 0 Å². The molecule has 1 saturated heterocycles. The Bertz CT molecular complexity index is 337. The molecule has 0 saturated carbocycles. The molecule has 1 aromatic carbocycles. The summed E-state index contributed by atoms with van der Waals surface area (Å²) in [4.78, 5) is 0. The predicted octanol–water partition coefficient (Wildman–Crippen LogP) is 2.12. The number of ether oxygens (including phenoxy) is 2. The predicted molar refractivity (Wildman–Crippen MR) is 62.3 cm³/mol. The molecule has 82 valence electrons. The van der Waals surface area contributed by atoms with Crippen molar-refractivity contribution in [2.24, 2.45) is 0 Å². The Kier molecular flexibility index (Phi) is 3.61. The fourth-order valence-electron chi connectivity index (χ4n) is 1.74. The molecule has 0 radical (unpaired) electrons. The van der Waals surface area contributed by atoms with Crippen LogP contribution in [0.4, 0.5) is 0 Å². The number of rotatable bonds is 2. The zero-order chi connectivity index (χ0) is 10.7. The van der Waals surface area contributed by atoms with Crippen LogP contribution in [-0.4, -0.2) is 26.9 Å². The van der Waals surface area contributed by atoms with Gasteiger partial charge in [0, 0.05) is 16.6 Å². The summed E-state index contributed by atoms with van der Waals surface area (Å²) >= 11 is 3.43. The lowest BCUT2D eigenvalue weighted by atomic mass is 10.1. The summed E-state index contributed by atoms with van der Waals surface area (Å²) < 4.78 is 11.8. The summed E-state index contributed by atoms with van der Waals surface area (Å²) in [6, 6.07) is 6.30. The van der Waals surface area contributed by atoms with Gasteiger partial charge in [-0.05, 0) is 12.1 Å². The number of nitrogens with one attached hydrogen (secondary N) is 1. The van der Waals surface area contributed by atoms with Crippen molar-refractivity contribution in [3.05, 3.63) is 28.2 Å². The van der Waals surface area contributed by atoms with Crippen molar-refractivity contribution >= 4 is 15.9 Å². The van der Waals surface area contributed by atoms with E-state index in [1.807, 2.05) is 12.1 Å². The van der Waals surface area contributed by atoms with Crippen molar-refractivity contribution in [3.63, 3.8) is 0 Å². The summed E-state index contributed by atoms with van der Waals surface area (Å²) in [5.41, 5.74) is 1.15. The number of morpholine rings is 1. The molecule has 1 aliphatic rings. The highest BCUT2D eigenvalue weighted by atomic mass is 79.9. The van der Waals surface area contributed by atoms with Crippen LogP contribution in [0.25, 0.3) is 0 Å². The number of hydrogen-bond donors (Lipinski definition) is 1. The topological polar surface area (TPSA) is 30.5 Å². The molecule has 15 heavy (non-hydrogen) atoms. The van der Waals surface area contributed by atoms with Crippen LogP contribution in [0.3, 0.4) is 0 Å². The molecule has 1 heterocycles. The number of hydrogen-bond acceptors (Lipinski definition) is 3. The van der Waals surface area contributed by atoms with Crippen LogP contribution in [0, 0.1) is 0 Å². The summed E-state index contributed by atoms with van der Waals surface area (Å²) in [6.07, 6.45) is 0. The normalized spacial score (nSPS) is 21.3. The van der Waals surface area contributed by atoms with Gasteiger partial charge in [-0.25, -0.2) is 0 Å². The van der Waals surface area contributed by atoms with E-state index in [2.05, 4.69) is 27.3 Å². The lowest BCUT2D eigenvalue weighted by molar-refractivity contribution is 0.0760. The van der Waals surface area contributed by atoms with Crippen LogP contribution >= 0.6 is 15.9 Å². The smallest absolute Gasteiger partial charge is 0.124 e. The van der Waals surface area contributed by atoms with Crippen molar-refractivity contribution in [1.29, 1.82) is 0 Å². The van der Waals surface area contributed by atoms with Crippen LogP contribution in [0.15, 0.2) is 22.7 Å². The molecule has 0 aliphatic carbocycles. The molecule has 1 fully saturated rings. The van der Waals surface area contributed by atoms with Gasteiger partial charge in [0.25, 0.3) is 0 Å². The van der Waals surface area contributed by atoms with Crippen molar-refractivity contribution < 1.29 is 9.47 Å². The average Bonchev–Trinajstić information content (AvgIpc) is 2.30. The first-order valence-corrected chi connectivity index (χ1v) is 5.75. The summed E-state index contributed by atoms with van der Waals surface area (Å²) in [5.74, 6) is 0.896. The molecule has 1 N–H and O–H groups in total. The van der Waals surface area contributed by atoms with E-state index >= 15 is 0 Å². The Balaban J connectivity index is 2.25. The number of halogens is 1. The van der Waals surface area contributed by atoms with E-state index in [0.29, 0.717) is 6.61 Å². The fourth-order valence-corrected chi connectivity index (χ4v) is 2.08. The molecule has 2 rings (SSSR count). The van der Waals surface area contributed by atoms with Crippen LogP contribution in [-0.2, 0) is 4.74 Å². The summed E-state index contributed by atoms with van der Waals surface area (Å²) in [7, 11) is 1.69. The van der Waals surface area contributed by atoms with Crippen LogP contribution in [0.5, 0.6) is 5.75 Å². The largest absolute Gasteiger partial charge is 0.496 e. The standard InChI is InChI=1S/C11H14BrNO2/c1-14-11-6-8(12)2-3-9(11)10-7-15-5-4-13-10/h2-3,6,10,13H,4-5,7H2,1H3. The second kappa shape index (κ2) is 4.96. The van der Waals surface area contributed by atoms with Gasteiger partial charge in [0.05, 0.1) is 26.4 Å². The molecular formula is C11H14BrNO2. The van der Waals surface area contributed by atoms with Gasteiger partial charge in [-0.1, -0.05) is 22.0 Å². The Morgan fingerprint density at radius 3 is 3.07 bits per heavy atom. The first-order valence-electron chi connectivity index (χ1n) is 4.96. The molecule has 0 aromatic heterocycles. The molecule has 0 bridgehead atoms. The minimum absolute atomic E-state index is 0.238. The highest BCUT2D eigenvalue weighted by molar-refractivity contribution is 9.10. The van der Waals surface area contributed by atoms with Gasteiger partial charge in [0.1, 0.15) is 5.75 Å². The summed E-state index contributed by atoms with van der Waals surface area (Å²) in [6.45, 7) is 2.39. The minimum Gasteiger partial charge on any atom is -0.496 e. The quantitative estimate of drug-likeness (QED) is 0.894. The van der Waals surface area contributed by atoms with Gasteiger partial charge in [-0.15, -0.1) is 0 Å². The first kappa shape index (κ1) is 10.9. The maximum atomic E-state index is 5.44. The maximum Gasteiger partial charge on any atom is 0.124 e. The molecule has 1 atom stereocenters. The van der Waals surface area contributed by atoms with E-state index in [1.165, 1.54) is 0 Å². The van der Waals surface area contributed by atoms with E-state index in [4.69, 9.17) is 9.47 Å². The van der Waals surface area contributed by atoms with E-state index in [9.17, 15) is 0 Å². The number of methoxy groups -OCH3 is 1. The third-order valence-electron chi connectivity index (χ3n) is 2.49. The second-order valence-corrected chi connectivity index (χ2v) is 4.38. The third-order valence-corrected chi connectivity index (χ3v) is 2.99. The molecule has 0 amide bonds. The number of benzene rings is 1. The van der Waals surface area contributed by atoms with E-state index in [-0.39, 0.29) is 6.04 Å². The zero-order valence-electron chi connectivity index (χ0n) is 8.63. The Morgan fingerprint density at radius 2 is 2.40 bits per heavy atom. The van der Waals surface area contributed by atoms with Crippen molar-refractivity contribution in [1.82, 2.24) is 5.32 Å². The molecule has 4 heteroatoms. The molecule has 1 unspecified atom stereocenters. The second-order valence-electron chi connectivity index (χ2n) is 3.47. The van der Waals surface area contributed by atoms with Crippen molar-refractivity contribution in [2.75, 3.05) is 26.9 Å². The fraction of sp³-hybridized carbons (Fsp3) is 0.455. The van der Waals surface area contributed by atoms with Crippen LogP contribution in [0.1, 0.15) is 11.6 Å². The lowest BCUT2D eigenvalue weighted by Crippen LogP contribution is -2.34. The van der Waals surface area contributed by atoms with E-state index in [1.54, 1.807) is 7.11 Å². The molecule has 0 spiro atoms. The summed E-state index contributed by atoms with van der Waals surface area (Å²) in [5, 5.41) is 3.41. The van der Waals surface area contributed by atoms with E-state index in [0.717, 1.165) is 28.9 Å². The SMILES string of the molecule is COc1cc(Br)ccc1C1COCCN1. The van der Waals surface area contributed by atoms with Gasteiger partial charge in [0.2, 0.25) is 0 Å². The van der Waals surface area contributed by atoms with Crippen LogP contribution < -0.4 is 10.1 Å². The zero-order valence-corrected chi connectivity index (χ0v) is 10.2. The molecule has 3 nitrogen and oxygen atoms in total. The highest BCUT2D eigenvalue weighted by Gasteiger charge is 2.18.